The van der Waals surface area contributed by atoms with Gasteiger partial charge in [-0.1, -0.05) is 47.1 Å². The molecule has 7 heteroatoms. The molecule has 0 radical (unpaired) electrons. The summed E-state index contributed by atoms with van der Waals surface area (Å²) in [6.45, 7) is 2.28. The number of aryl methyl sites for hydroxylation is 1. The van der Waals surface area contributed by atoms with Crippen molar-refractivity contribution in [3.05, 3.63) is 64.8 Å². The van der Waals surface area contributed by atoms with E-state index in [0.717, 1.165) is 11.3 Å². The van der Waals surface area contributed by atoms with E-state index in [1.54, 1.807) is 12.3 Å². The first-order valence-corrected chi connectivity index (χ1v) is 8.30. The molecule has 0 amide bonds. The van der Waals surface area contributed by atoms with E-state index < -0.39 is 0 Å². The van der Waals surface area contributed by atoms with Gasteiger partial charge in [-0.05, 0) is 30.7 Å². The third-order valence-corrected chi connectivity index (χ3v) is 4.10. The van der Waals surface area contributed by atoms with Crippen molar-refractivity contribution in [2.24, 2.45) is 0 Å². The van der Waals surface area contributed by atoms with E-state index in [4.69, 9.17) is 20.8 Å². The average molecular weight is 348 g/mol. The number of ether oxygens (including phenoxy) is 1. The molecule has 1 aromatic carbocycles. The zero-order chi connectivity index (χ0) is 16.1. The van der Waals surface area contributed by atoms with Crippen LogP contribution in [0.1, 0.15) is 17.0 Å². The van der Waals surface area contributed by atoms with Gasteiger partial charge in [-0.3, -0.25) is 0 Å². The molecule has 23 heavy (non-hydrogen) atoms. The number of benzene rings is 1. The second-order valence-corrected chi connectivity index (χ2v) is 6.16. The van der Waals surface area contributed by atoms with Crippen LogP contribution in [0.2, 0.25) is 5.15 Å². The van der Waals surface area contributed by atoms with Crippen molar-refractivity contribution in [3.63, 3.8) is 0 Å². The smallest absolute Gasteiger partial charge is 0.277 e. The average Bonchev–Trinajstić information content (AvgIpc) is 3.02. The summed E-state index contributed by atoms with van der Waals surface area (Å²) < 4.78 is 11.1. The van der Waals surface area contributed by atoms with Crippen LogP contribution in [0.25, 0.3) is 0 Å². The fourth-order valence-electron chi connectivity index (χ4n) is 1.77. The van der Waals surface area contributed by atoms with E-state index >= 15 is 0 Å². The summed E-state index contributed by atoms with van der Waals surface area (Å²) in [7, 11) is 0. The van der Waals surface area contributed by atoms with Crippen molar-refractivity contribution in [1.29, 1.82) is 0 Å². The monoisotopic (exact) mass is 347 g/mol. The quantitative estimate of drug-likeness (QED) is 0.489. The molecule has 0 fully saturated rings. The predicted molar refractivity (Wildman–Crippen MR) is 88.6 cm³/mol. The number of thioether (sulfide) groups is 1. The van der Waals surface area contributed by atoms with Crippen LogP contribution in [-0.4, -0.2) is 15.2 Å². The van der Waals surface area contributed by atoms with E-state index in [-0.39, 0.29) is 6.61 Å². The first kappa shape index (κ1) is 15.8. The van der Waals surface area contributed by atoms with Gasteiger partial charge < -0.3 is 9.15 Å². The Morgan fingerprint density at radius 1 is 1.13 bits per heavy atom. The molecular weight excluding hydrogens is 334 g/mol. The Hall–Kier alpha value is -2.05. The fraction of sp³-hybridized carbons (Fsp3) is 0.188. The minimum absolute atomic E-state index is 0.249. The highest BCUT2D eigenvalue weighted by molar-refractivity contribution is 7.98. The number of pyridine rings is 1. The van der Waals surface area contributed by atoms with Crippen molar-refractivity contribution in [2.75, 3.05) is 0 Å². The van der Waals surface area contributed by atoms with Gasteiger partial charge in [0.1, 0.15) is 10.9 Å². The lowest BCUT2D eigenvalue weighted by atomic mass is 10.2. The number of hydrogen-bond acceptors (Lipinski definition) is 6. The lowest BCUT2D eigenvalue weighted by Crippen LogP contribution is -1.95. The Balaban J connectivity index is 1.51. The summed E-state index contributed by atoms with van der Waals surface area (Å²) in [5.41, 5.74) is 2.22. The lowest BCUT2D eigenvalue weighted by Gasteiger charge is -2.02. The molecule has 0 bridgehead atoms. The third-order valence-electron chi connectivity index (χ3n) is 2.98. The molecule has 3 aromatic rings. The summed E-state index contributed by atoms with van der Waals surface area (Å²) in [5, 5.41) is 8.95. The first-order chi connectivity index (χ1) is 11.2. The third kappa shape index (κ3) is 4.71. The van der Waals surface area contributed by atoms with Crippen molar-refractivity contribution in [2.45, 2.75) is 24.5 Å². The molecule has 0 saturated carbocycles. The Kier molecular flexibility index (Phi) is 5.15. The minimum atomic E-state index is 0.249. The molecule has 0 aliphatic rings. The maximum Gasteiger partial charge on any atom is 0.277 e. The molecule has 0 unspecified atom stereocenters. The van der Waals surface area contributed by atoms with Gasteiger partial charge in [0.2, 0.25) is 0 Å². The van der Waals surface area contributed by atoms with Crippen LogP contribution < -0.4 is 4.74 Å². The standard InChI is InChI=1S/C16H14ClN3O2S/c1-11-2-5-13(6-3-11)21-9-15-19-20-16(22-15)23-10-12-4-7-14(17)18-8-12/h2-8H,9-10H2,1H3. The maximum atomic E-state index is 5.75. The zero-order valence-corrected chi connectivity index (χ0v) is 14.0. The molecule has 118 valence electrons. The van der Waals surface area contributed by atoms with E-state index in [1.807, 2.05) is 37.3 Å². The Morgan fingerprint density at radius 3 is 2.70 bits per heavy atom. The van der Waals surface area contributed by atoms with Crippen LogP contribution in [0.15, 0.2) is 52.2 Å². The van der Waals surface area contributed by atoms with E-state index in [0.29, 0.717) is 22.0 Å². The number of aromatic nitrogens is 3. The van der Waals surface area contributed by atoms with Crippen LogP contribution in [0.5, 0.6) is 5.75 Å². The first-order valence-electron chi connectivity index (χ1n) is 6.94. The van der Waals surface area contributed by atoms with Crippen LogP contribution in [-0.2, 0) is 12.4 Å². The predicted octanol–water partition coefficient (Wildman–Crippen LogP) is 4.30. The second kappa shape index (κ2) is 7.48. The van der Waals surface area contributed by atoms with Crippen LogP contribution in [0, 0.1) is 6.92 Å². The number of rotatable bonds is 6. The molecule has 0 atom stereocenters. The van der Waals surface area contributed by atoms with Crippen molar-refractivity contribution in [1.82, 2.24) is 15.2 Å². The van der Waals surface area contributed by atoms with Gasteiger partial charge in [-0.25, -0.2) is 4.98 Å². The molecule has 3 rings (SSSR count). The van der Waals surface area contributed by atoms with Gasteiger partial charge in [0, 0.05) is 11.9 Å². The van der Waals surface area contributed by atoms with Gasteiger partial charge in [0.25, 0.3) is 11.1 Å². The SMILES string of the molecule is Cc1ccc(OCc2nnc(SCc3ccc(Cl)nc3)o2)cc1. The van der Waals surface area contributed by atoms with Crippen molar-refractivity contribution >= 4 is 23.4 Å². The van der Waals surface area contributed by atoms with Crippen LogP contribution in [0.4, 0.5) is 0 Å². The fourth-order valence-corrected chi connectivity index (χ4v) is 2.60. The molecular formula is C16H14ClN3O2S. The summed E-state index contributed by atoms with van der Waals surface area (Å²) >= 11 is 7.20. The molecule has 2 aromatic heterocycles. The molecule has 0 spiro atoms. The van der Waals surface area contributed by atoms with Gasteiger partial charge >= 0.3 is 0 Å². The van der Waals surface area contributed by atoms with Crippen molar-refractivity contribution in [3.8, 4) is 5.75 Å². The van der Waals surface area contributed by atoms with E-state index in [9.17, 15) is 0 Å². The minimum Gasteiger partial charge on any atom is -0.484 e. The Bertz CT molecular complexity index is 696. The normalized spacial score (nSPS) is 10.7. The summed E-state index contributed by atoms with van der Waals surface area (Å²) in [5.74, 6) is 1.91. The van der Waals surface area contributed by atoms with Gasteiger partial charge in [0.05, 0.1) is 0 Å². The number of hydrogen-bond donors (Lipinski definition) is 0. The van der Waals surface area contributed by atoms with Gasteiger partial charge in [-0.2, -0.15) is 0 Å². The highest BCUT2D eigenvalue weighted by Gasteiger charge is 2.08. The molecule has 0 aliphatic heterocycles. The highest BCUT2D eigenvalue weighted by atomic mass is 35.5. The summed E-state index contributed by atoms with van der Waals surface area (Å²) in [6, 6.07) is 11.5. The van der Waals surface area contributed by atoms with E-state index in [2.05, 4.69) is 15.2 Å². The highest BCUT2D eigenvalue weighted by Crippen LogP contribution is 2.22. The second-order valence-electron chi connectivity index (χ2n) is 4.84. The molecule has 2 heterocycles. The molecule has 0 saturated heterocycles. The molecule has 0 aliphatic carbocycles. The van der Waals surface area contributed by atoms with Crippen molar-refractivity contribution < 1.29 is 9.15 Å². The van der Waals surface area contributed by atoms with Gasteiger partial charge in [0.15, 0.2) is 6.61 Å². The molecule has 5 nitrogen and oxygen atoms in total. The Labute approximate surface area is 143 Å². The number of halogens is 1. The number of nitrogens with zero attached hydrogens (tertiary/aromatic N) is 3. The largest absolute Gasteiger partial charge is 0.484 e. The zero-order valence-electron chi connectivity index (χ0n) is 12.4. The summed E-state index contributed by atoms with van der Waals surface area (Å²) in [6.07, 6.45) is 1.73. The van der Waals surface area contributed by atoms with E-state index in [1.165, 1.54) is 17.3 Å². The molecule has 0 N–H and O–H groups in total. The Morgan fingerprint density at radius 2 is 1.96 bits per heavy atom. The topological polar surface area (TPSA) is 61.0 Å². The van der Waals surface area contributed by atoms with Crippen LogP contribution in [0.3, 0.4) is 0 Å². The van der Waals surface area contributed by atoms with Gasteiger partial charge in [-0.15, -0.1) is 10.2 Å². The summed E-state index contributed by atoms with van der Waals surface area (Å²) in [4.78, 5) is 4.03. The maximum absolute atomic E-state index is 5.75. The lowest BCUT2D eigenvalue weighted by molar-refractivity contribution is 0.252. The van der Waals surface area contributed by atoms with Crippen LogP contribution >= 0.6 is 23.4 Å².